The van der Waals surface area contributed by atoms with Crippen molar-refractivity contribution in [3.63, 3.8) is 0 Å². The van der Waals surface area contributed by atoms with Gasteiger partial charge in [0.2, 0.25) is 0 Å². The van der Waals surface area contributed by atoms with Crippen LogP contribution in [0.15, 0.2) is 0 Å². The van der Waals surface area contributed by atoms with Crippen LogP contribution >= 0.6 is 22.8 Å². The molecule has 2 unspecified atom stereocenters. The summed E-state index contributed by atoms with van der Waals surface area (Å²) >= 11 is 0. The Morgan fingerprint density at radius 3 is 1.36 bits per heavy atom. The van der Waals surface area contributed by atoms with E-state index < -0.39 is 41.6 Å². The Balaban J connectivity index is 0. The molecule has 1 aliphatic carbocycles. The molecule has 0 spiro atoms. The molecule has 1 saturated carbocycles. The van der Waals surface area contributed by atoms with E-state index >= 15 is 0 Å². The summed E-state index contributed by atoms with van der Waals surface area (Å²) < 4.78 is 31.4. The standard InChI is InChI=1S/C6H14N2.C3H12NO9P3.Pt/c7-5-3-1-2-4-6(5)8;5-14(6,7)1-4(2-15(8,9)10)3-16(11,12)13;/h5-6H,1-4,7-8H2;1-3H2,(H2,5,6,7)(H2,8,9,10)(H2,11,12,13);/q;;+2/p-2. The molecule has 0 bridgehead atoms. The molecule has 0 aromatic rings. The number of hydrogen-bond acceptors (Lipinski definition) is 8. The van der Waals surface area contributed by atoms with Crippen LogP contribution < -0.4 is 21.3 Å². The second-order valence-electron chi connectivity index (χ2n) is 5.65. The summed E-state index contributed by atoms with van der Waals surface area (Å²) in [4.78, 5) is 54.9. The summed E-state index contributed by atoms with van der Waals surface area (Å²) in [6.07, 6.45) is 1.01. The molecule has 0 saturated heterocycles. The van der Waals surface area contributed by atoms with Crippen LogP contribution in [0.4, 0.5) is 0 Å². The van der Waals surface area contributed by atoms with Gasteiger partial charge in [-0.15, -0.1) is 0 Å². The maximum Gasteiger partial charge on any atom is 2.00 e. The van der Waals surface area contributed by atoms with Crippen LogP contribution in [0.25, 0.3) is 0 Å². The minimum Gasteiger partial charge on any atom is -0.810 e. The SMILES string of the molecule is NC1CCCCC1N.O=P([O-])([O-])CN(CP(=O)(O)O)CP(=O)(O)O.[Pt+2]. The summed E-state index contributed by atoms with van der Waals surface area (Å²) in [7, 11) is -14.6. The fourth-order valence-corrected chi connectivity index (χ4v) is 4.69. The van der Waals surface area contributed by atoms with Gasteiger partial charge in [0.05, 0.1) is 0 Å². The Kier molecular flexibility index (Phi) is 13.3. The van der Waals surface area contributed by atoms with Gasteiger partial charge in [0, 0.05) is 18.4 Å². The Morgan fingerprint density at radius 2 is 1.16 bits per heavy atom. The van der Waals surface area contributed by atoms with E-state index in [1.54, 1.807) is 0 Å². The van der Waals surface area contributed by atoms with Crippen molar-refractivity contribution < 1.29 is 64.1 Å². The first kappa shape index (κ1) is 28.2. The van der Waals surface area contributed by atoms with Crippen LogP contribution in [0.5, 0.6) is 0 Å². The van der Waals surface area contributed by atoms with Crippen LogP contribution in [0.1, 0.15) is 25.7 Å². The average molecular weight is 606 g/mol. The van der Waals surface area contributed by atoms with Crippen LogP contribution in [0.3, 0.4) is 0 Å². The van der Waals surface area contributed by atoms with Crippen LogP contribution in [0, 0.1) is 0 Å². The molecule has 1 aliphatic rings. The average Bonchev–Trinajstić information content (AvgIpc) is 2.26. The first-order valence-corrected chi connectivity index (χ1v) is 12.2. The summed E-state index contributed by atoms with van der Waals surface area (Å²) in [6.45, 7) is 0. The third-order valence-electron chi connectivity index (χ3n) is 3.02. The number of nitrogens with two attached hydrogens (primary N) is 2. The fourth-order valence-electron chi connectivity index (χ4n) is 2.09. The molecule has 0 heterocycles. The van der Waals surface area contributed by atoms with E-state index in [1.165, 1.54) is 12.8 Å². The van der Waals surface area contributed by atoms with Crippen molar-refractivity contribution in [3.8, 4) is 0 Å². The number of hydrogen-bond donors (Lipinski definition) is 6. The zero-order chi connectivity index (χ0) is 19.2. The molecular formula is C9H24N3O9P3Pt. The molecule has 1 rings (SSSR count). The molecule has 12 nitrogen and oxygen atoms in total. The topological polar surface area (TPSA) is 234 Å². The Hall–Kier alpha value is 1.02. The van der Waals surface area contributed by atoms with Crippen molar-refractivity contribution in [2.75, 3.05) is 18.9 Å². The Bertz CT molecular complexity index is 455. The first-order chi connectivity index (χ1) is 10.6. The van der Waals surface area contributed by atoms with Gasteiger partial charge in [0.1, 0.15) is 12.6 Å². The third-order valence-corrected chi connectivity index (χ3v) is 5.30. The van der Waals surface area contributed by atoms with Crippen molar-refractivity contribution in [2.24, 2.45) is 11.5 Å². The van der Waals surface area contributed by atoms with E-state index in [9.17, 15) is 23.5 Å². The summed E-state index contributed by atoms with van der Waals surface area (Å²) in [5, 5.41) is 0. The maximum absolute atomic E-state index is 10.5. The molecule has 0 aromatic heterocycles. The summed E-state index contributed by atoms with van der Waals surface area (Å²) in [5.74, 6) is 0. The monoisotopic (exact) mass is 606 g/mol. The largest absolute Gasteiger partial charge is 2.00 e. The van der Waals surface area contributed by atoms with E-state index in [1.807, 2.05) is 0 Å². The minimum absolute atomic E-state index is 0. The second-order valence-corrected chi connectivity index (χ2v) is 10.4. The molecule has 8 N–H and O–H groups in total. The van der Waals surface area contributed by atoms with E-state index in [0.29, 0.717) is 0 Å². The van der Waals surface area contributed by atoms with Crippen molar-refractivity contribution in [3.05, 3.63) is 0 Å². The third kappa shape index (κ3) is 18.2. The quantitative estimate of drug-likeness (QED) is 0.174. The predicted octanol–water partition coefficient (Wildman–Crippen LogP) is -2.36. The van der Waals surface area contributed by atoms with Crippen molar-refractivity contribution in [1.29, 1.82) is 0 Å². The van der Waals surface area contributed by atoms with Gasteiger partial charge in [-0.2, -0.15) is 0 Å². The first-order valence-electron chi connectivity index (χ1n) is 6.93. The van der Waals surface area contributed by atoms with E-state index in [4.69, 9.17) is 31.0 Å². The predicted molar refractivity (Wildman–Crippen MR) is 82.6 cm³/mol. The van der Waals surface area contributed by atoms with Gasteiger partial charge in [0.15, 0.2) is 0 Å². The molecule has 0 amide bonds. The van der Waals surface area contributed by atoms with Gasteiger partial charge in [0.25, 0.3) is 0 Å². The fraction of sp³-hybridized carbons (Fsp3) is 1.00. The molecular weight excluding hydrogens is 582 g/mol. The second kappa shape index (κ2) is 11.8. The molecule has 25 heavy (non-hydrogen) atoms. The molecule has 0 radical (unpaired) electrons. The normalized spacial score (nSPS) is 22.0. The zero-order valence-corrected chi connectivity index (χ0v) is 18.1. The zero-order valence-electron chi connectivity index (χ0n) is 13.2. The van der Waals surface area contributed by atoms with Crippen LogP contribution in [-0.2, 0) is 34.8 Å². The molecule has 16 heteroatoms. The summed E-state index contributed by atoms with van der Waals surface area (Å²) in [6, 6.07) is 0.562. The van der Waals surface area contributed by atoms with Crippen molar-refractivity contribution in [2.45, 2.75) is 37.8 Å². The van der Waals surface area contributed by atoms with E-state index in [0.717, 1.165) is 12.8 Å². The number of nitrogens with zero attached hydrogens (tertiary/aromatic N) is 1. The van der Waals surface area contributed by atoms with Gasteiger partial charge < -0.3 is 45.4 Å². The minimum atomic E-state index is -5.15. The van der Waals surface area contributed by atoms with E-state index in [-0.39, 0.29) is 38.0 Å². The molecule has 0 aromatic carbocycles. The van der Waals surface area contributed by atoms with Crippen LogP contribution in [-0.4, -0.2) is 55.4 Å². The molecule has 1 fully saturated rings. The van der Waals surface area contributed by atoms with Gasteiger partial charge in [-0.25, -0.2) is 0 Å². The van der Waals surface area contributed by atoms with E-state index in [2.05, 4.69) is 0 Å². The van der Waals surface area contributed by atoms with Gasteiger partial charge in [-0.1, -0.05) is 20.4 Å². The Labute approximate surface area is 160 Å². The Morgan fingerprint density at radius 1 is 0.840 bits per heavy atom. The summed E-state index contributed by atoms with van der Waals surface area (Å²) in [5.41, 5.74) is 11.3. The molecule has 0 aliphatic heterocycles. The molecule has 154 valence electrons. The number of rotatable bonds is 6. The van der Waals surface area contributed by atoms with Gasteiger partial charge in [-0.3, -0.25) is 14.0 Å². The van der Waals surface area contributed by atoms with Gasteiger partial charge in [-0.05, 0) is 12.8 Å². The molecule has 2 atom stereocenters. The smallest absolute Gasteiger partial charge is 0.810 e. The van der Waals surface area contributed by atoms with Gasteiger partial charge >= 0.3 is 36.3 Å². The van der Waals surface area contributed by atoms with Crippen molar-refractivity contribution >= 4 is 22.8 Å². The van der Waals surface area contributed by atoms with Crippen LogP contribution in [0.2, 0.25) is 0 Å². The van der Waals surface area contributed by atoms with Crippen molar-refractivity contribution in [1.82, 2.24) is 4.90 Å². The maximum atomic E-state index is 10.5.